The number of aromatic nitrogens is 2. The number of benzene rings is 1. The highest BCUT2D eigenvalue weighted by Crippen LogP contribution is 2.33. The average Bonchev–Trinajstić information content (AvgIpc) is 3.12. The molecule has 5 rings (SSSR count). The summed E-state index contributed by atoms with van der Waals surface area (Å²) in [6, 6.07) is 17.6. The van der Waals surface area contributed by atoms with Crippen LogP contribution in [0.5, 0.6) is 0 Å². The number of hydrogen-bond acceptors (Lipinski definition) is 9. The van der Waals surface area contributed by atoms with Gasteiger partial charge < -0.3 is 29.0 Å². The van der Waals surface area contributed by atoms with Crippen LogP contribution in [0.3, 0.4) is 0 Å². The molecule has 4 heterocycles. The van der Waals surface area contributed by atoms with Crippen LogP contribution in [-0.4, -0.2) is 67.8 Å². The highest BCUT2D eigenvalue weighted by atomic mass is 35.5. The summed E-state index contributed by atoms with van der Waals surface area (Å²) in [7, 11) is 0. The van der Waals surface area contributed by atoms with Gasteiger partial charge >= 0.3 is 5.63 Å². The zero-order chi connectivity index (χ0) is 34.1. The number of alkyl halides is 1. The van der Waals surface area contributed by atoms with Gasteiger partial charge in [-0.3, -0.25) is 14.8 Å². The Kier molecular flexibility index (Phi) is 14.7. The Morgan fingerprint density at radius 2 is 1.63 bits per heavy atom. The first-order valence-corrected chi connectivity index (χ1v) is 18.0. The van der Waals surface area contributed by atoms with Crippen LogP contribution in [-0.2, 0) is 33.8 Å². The number of hydrogen-bond donors (Lipinski definition) is 1. The second-order valence-corrected chi connectivity index (χ2v) is 12.7. The fourth-order valence-corrected chi connectivity index (χ4v) is 6.27. The van der Waals surface area contributed by atoms with Crippen LogP contribution < -0.4 is 20.7 Å². The number of fused-ring (bicyclic) bond motifs is 2. The molecule has 0 saturated heterocycles. The van der Waals surface area contributed by atoms with Gasteiger partial charge in [0.15, 0.2) is 0 Å². The van der Waals surface area contributed by atoms with Crippen molar-refractivity contribution in [1.29, 1.82) is 0 Å². The zero-order valence-corrected chi connectivity index (χ0v) is 29.0. The minimum absolute atomic E-state index is 0.0204. The predicted molar refractivity (Wildman–Crippen MR) is 194 cm³/mol. The molecule has 0 saturated carbocycles. The van der Waals surface area contributed by atoms with Crippen LogP contribution in [0.25, 0.3) is 11.0 Å². The third-order valence-corrected chi connectivity index (χ3v) is 8.84. The molecule has 1 aromatic carbocycles. The second-order valence-electron chi connectivity index (χ2n) is 12.3. The molecule has 1 N–H and O–H groups in total. The van der Waals surface area contributed by atoms with Gasteiger partial charge in [0.05, 0.1) is 44.3 Å². The molecule has 1 aliphatic rings. The molecule has 11 heteroatoms. The van der Waals surface area contributed by atoms with Crippen molar-refractivity contribution in [1.82, 2.24) is 15.3 Å². The number of pyridine rings is 2. The Bertz CT molecular complexity index is 1600. The number of nitrogens with one attached hydrogen (secondary N) is 1. The molecular weight excluding hydrogens is 642 g/mol. The van der Waals surface area contributed by atoms with Gasteiger partial charge in [-0.1, -0.05) is 25.0 Å². The van der Waals surface area contributed by atoms with Crippen LogP contribution in [0.2, 0.25) is 0 Å². The maximum Gasteiger partial charge on any atom is 0.360 e. The van der Waals surface area contributed by atoms with Crippen molar-refractivity contribution in [2.45, 2.75) is 64.5 Å². The number of ether oxygens (including phenoxy) is 2. The SMILES string of the molecule is O=C(CCCN1CCCc2cc3cc(N(Cc4ccccn4)Cc4ccccn4)c(=O)oc3cc21)NCCOCCOCCCCCCCl. The van der Waals surface area contributed by atoms with Gasteiger partial charge in [-0.2, -0.15) is 0 Å². The highest BCUT2D eigenvalue weighted by molar-refractivity contribution is 6.17. The first-order valence-electron chi connectivity index (χ1n) is 17.5. The molecule has 1 amide bonds. The van der Waals surface area contributed by atoms with E-state index in [4.69, 9.17) is 25.5 Å². The van der Waals surface area contributed by atoms with Crippen LogP contribution >= 0.6 is 11.6 Å². The van der Waals surface area contributed by atoms with E-state index in [0.29, 0.717) is 57.1 Å². The lowest BCUT2D eigenvalue weighted by molar-refractivity contribution is -0.121. The predicted octanol–water partition coefficient (Wildman–Crippen LogP) is 6.27. The van der Waals surface area contributed by atoms with Crippen LogP contribution in [0.1, 0.15) is 61.9 Å². The number of anilines is 2. The van der Waals surface area contributed by atoms with E-state index in [-0.39, 0.29) is 5.91 Å². The van der Waals surface area contributed by atoms with E-state index in [1.54, 1.807) is 12.4 Å². The van der Waals surface area contributed by atoms with E-state index < -0.39 is 5.63 Å². The van der Waals surface area contributed by atoms with Crippen molar-refractivity contribution < 1.29 is 18.7 Å². The first kappa shape index (κ1) is 36.3. The first-order chi connectivity index (χ1) is 24.1. The Morgan fingerprint density at radius 3 is 2.35 bits per heavy atom. The van der Waals surface area contributed by atoms with Crippen molar-refractivity contribution in [3.8, 4) is 0 Å². The maximum atomic E-state index is 13.5. The van der Waals surface area contributed by atoms with Gasteiger partial charge in [0.1, 0.15) is 11.3 Å². The number of amides is 1. The molecule has 0 aliphatic carbocycles. The van der Waals surface area contributed by atoms with Crippen molar-refractivity contribution in [3.63, 3.8) is 0 Å². The summed E-state index contributed by atoms with van der Waals surface area (Å²) in [5.41, 5.74) is 4.62. The molecule has 0 radical (unpaired) electrons. The molecule has 0 fully saturated rings. The van der Waals surface area contributed by atoms with Gasteiger partial charge in [0.25, 0.3) is 0 Å². The molecule has 0 spiro atoms. The van der Waals surface area contributed by atoms with E-state index in [0.717, 1.165) is 93.0 Å². The number of aryl methyl sites for hydroxylation is 1. The van der Waals surface area contributed by atoms with Gasteiger partial charge in [0, 0.05) is 68.1 Å². The number of carbonyl (C=O) groups is 1. The fraction of sp³-hybridized carbons (Fsp3) is 0.474. The van der Waals surface area contributed by atoms with E-state index >= 15 is 0 Å². The lowest BCUT2D eigenvalue weighted by atomic mass is 9.99. The fourth-order valence-electron chi connectivity index (χ4n) is 6.08. The normalized spacial score (nSPS) is 12.6. The minimum Gasteiger partial charge on any atom is -0.421 e. The molecule has 3 aromatic heterocycles. The molecule has 262 valence electrons. The standard InChI is InChI=1S/C38H48ClN5O5/c39-15-5-1-2-8-21-47-23-24-48-22-18-42-37(45)14-10-20-43-19-9-11-30-25-31-26-35(38(46)49-36(31)27-34(30)43)44(28-32-12-3-6-16-40-32)29-33-13-4-7-17-41-33/h3-4,6-7,12-13,16-17,25-27H,1-2,5,8-11,14-15,18-24,28-29H2,(H,42,45). The van der Waals surface area contributed by atoms with Crippen molar-refractivity contribution in [3.05, 3.63) is 94.4 Å². The van der Waals surface area contributed by atoms with Gasteiger partial charge in [-0.15, -0.1) is 11.6 Å². The third-order valence-electron chi connectivity index (χ3n) is 8.57. The lowest BCUT2D eigenvalue weighted by Crippen LogP contribution is -2.32. The molecule has 4 aromatic rings. The monoisotopic (exact) mass is 689 g/mol. The molecule has 0 bridgehead atoms. The van der Waals surface area contributed by atoms with Crippen molar-refractivity contribution in [2.75, 3.05) is 61.7 Å². The maximum absolute atomic E-state index is 13.5. The van der Waals surface area contributed by atoms with Crippen molar-refractivity contribution >= 4 is 39.9 Å². The molecular formula is C38H48ClN5O5. The van der Waals surface area contributed by atoms with E-state index in [1.165, 1.54) is 5.56 Å². The van der Waals surface area contributed by atoms with Crippen molar-refractivity contribution in [2.24, 2.45) is 0 Å². The number of rotatable bonds is 21. The largest absolute Gasteiger partial charge is 0.421 e. The number of carbonyl (C=O) groups excluding carboxylic acids is 1. The van der Waals surface area contributed by atoms with Crippen LogP contribution in [0.15, 0.2) is 76.2 Å². The number of unbranched alkanes of at least 4 members (excludes halogenated alkanes) is 3. The second kappa shape index (κ2) is 19.9. The third kappa shape index (κ3) is 11.5. The summed E-state index contributed by atoms with van der Waals surface area (Å²) < 4.78 is 17.1. The lowest BCUT2D eigenvalue weighted by Gasteiger charge is -2.31. The molecule has 1 aliphatic heterocycles. The van der Waals surface area contributed by atoms with Gasteiger partial charge in [0.2, 0.25) is 5.91 Å². The summed E-state index contributed by atoms with van der Waals surface area (Å²) in [6.45, 7) is 5.31. The Hall–Kier alpha value is -3.99. The van der Waals surface area contributed by atoms with E-state index in [2.05, 4.69) is 26.3 Å². The highest BCUT2D eigenvalue weighted by Gasteiger charge is 2.21. The number of nitrogens with zero attached hydrogens (tertiary/aromatic N) is 4. The smallest absolute Gasteiger partial charge is 0.360 e. The number of halogens is 1. The van der Waals surface area contributed by atoms with Gasteiger partial charge in [-0.05, 0) is 74.1 Å². The van der Waals surface area contributed by atoms with Crippen LogP contribution in [0, 0.1) is 0 Å². The Labute approximate surface area is 293 Å². The average molecular weight is 690 g/mol. The Morgan fingerprint density at radius 1 is 0.898 bits per heavy atom. The van der Waals surface area contributed by atoms with E-state index in [9.17, 15) is 9.59 Å². The minimum atomic E-state index is -0.399. The quantitative estimate of drug-likeness (QED) is 0.0615. The van der Waals surface area contributed by atoms with Gasteiger partial charge in [-0.25, -0.2) is 4.79 Å². The summed E-state index contributed by atoms with van der Waals surface area (Å²) in [5, 5.41) is 3.83. The topological polar surface area (TPSA) is 110 Å². The Balaban J connectivity index is 1.12. The van der Waals surface area contributed by atoms with E-state index in [1.807, 2.05) is 53.4 Å². The molecule has 0 atom stereocenters. The van der Waals surface area contributed by atoms with Crippen LogP contribution in [0.4, 0.5) is 11.4 Å². The summed E-state index contributed by atoms with van der Waals surface area (Å²) in [6.07, 6.45) is 11.0. The summed E-state index contributed by atoms with van der Waals surface area (Å²) >= 11 is 5.69. The molecule has 0 unspecified atom stereocenters. The zero-order valence-electron chi connectivity index (χ0n) is 28.3. The summed E-state index contributed by atoms with van der Waals surface area (Å²) in [4.78, 5) is 39.2. The molecule has 10 nitrogen and oxygen atoms in total. The molecule has 49 heavy (non-hydrogen) atoms. The summed E-state index contributed by atoms with van der Waals surface area (Å²) in [5.74, 6) is 0.745.